The quantitative estimate of drug-likeness (QED) is 0.605. The van der Waals surface area contributed by atoms with E-state index >= 15 is 0 Å². The number of carbonyl (C=O) groups is 1. The van der Waals surface area contributed by atoms with E-state index in [0.717, 1.165) is 42.7 Å². The van der Waals surface area contributed by atoms with E-state index in [1.807, 2.05) is 18.2 Å². The molecule has 0 radical (unpaired) electrons. The molecule has 0 unspecified atom stereocenters. The van der Waals surface area contributed by atoms with Gasteiger partial charge in [-0.1, -0.05) is 41.9 Å². The van der Waals surface area contributed by atoms with Crippen LogP contribution in [0.25, 0.3) is 0 Å². The fourth-order valence-corrected chi connectivity index (χ4v) is 4.35. The summed E-state index contributed by atoms with van der Waals surface area (Å²) in [6, 6.07) is 11.7. The molecule has 1 N–H and O–H groups in total. The molecule has 1 amide bonds. The van der Waals surface area contributed by atoms with Gasteiger partial charge in [-0.15, -0.1) is 0 Å². The van der Waals surface area contributed by atoms with Gasteiger partial charge in [0.25, 0.3) is 0 Å². The van der Waals surface area contributed by atoms with Crippen molar-refractivity contribution in [3.8, 4) is 5.75 Å². The number of halogens is 4. The minimum absolute atomic E-state index is 0.0549. The highest BCUT2D eigenvalue weighted by molar-refractivity contribution is 6.33. The second-order valence-corrected chi connectivity index (χ2v) is 9.15. The second kappa shape index (κ2) is 8.94. The first-order valence-electron chi connectivity index (χ1n) is 10.7. The van der Waals surface area contributed by atoms with Crippen LogP contribution in [0.3, 0.4) is 0 Å². The average Bonchev–Trinajstić information content (AvgIpc) is 3.54. The van der Waals surface area contributed by atoms with Gasteiger partial charge in [0, 0.05) is 33.1 Å². The second-order valence-electron chi connectivity index (χ2n) is 8.77. The van der Waals surface area contributed by atoms with Gasteiger partial charge in [0.15, 0.2) is 0 Å². The van der Waals surface area contributed by atoms with Gasteiger partial charge in [-0.2, -0.15) is 13.2 Å². The number of rotatable bonds is 7. The molecule has 2 aromatic carbocycles. The Labute approximate surface area is 190 Å². The first-order valence-corrected chi connectivity index (χ1v) is 11.1. The van der Waals surface area contributed by atoms with Crippen molar-refractivity contribution in [2.75, 3.05) is 13.2 Å². The van der Waals surface area contributed by atoms with Crippen LogP contribution >= 0.6 is 11.6 Å². The molecule has 0 bridgehead atoms. The fourth-order valence-electron chi connectivity index (χ4n) is 4.02. The molecular formula is C24H26ClF3N2O2. The Bertz CT molecular complexity index is 988. The van der Waals surface area contributed by atoms with Crippen molar-refractivity contribution >= 4 is 17.5 Å². The van der Waals surface area contributed by atoms with Gasteiger partial charge in [-0.25, -0.2) is 0 Å². The lowest BCUT2D eigenvalue weighted by Gasteiger charge is -2.30. The smallest absolute Gasteiger partial charge is 0.397 e. The number of nitrogens with one attached hydrogen (secondary N) is 1. The maximum absolute atomic E-state index is 13.2. The summed E-state index contributed by atoms with van der Waals surface area (Å²) in [4.78, 5) is 13.3. The maximum atomic E-state index is 13.2. The van der Waals surface area contributed by atoms with E-state index in [1.54, 1.807) is 6.07 Å². The van der Waals surface area contributed by atoms with Crippen LogP contribution in [-0.4, -0.2) is 30.1 Å². The first kappa shape index (κ1) is 22.9. The molecule has 0 saturated heterocycles. The summed E-state index contributed by atoms with van der Waals surface area (Å²) >= 11 is 6.51. The van der Waals surface area contributed by atoms with Crippen molar-refractivity contribution in [1.29, 1.82) is 0 Å². The third-order valence-corrected chi connectivity index (χ3v) is 6.72. The van der Waals surface area contributed by atoms with E-state index in [-0.39, 0.29) is 25.4 Å². The number of nitrogens with zero attached hydrogens (tertiary/aromatic N) is 1. The summed E-state index contributed by atoms with van der Waals surface area (Å²) < 4.78 is 45.0. The van der Waals surface area contributed by atoms with Crippen LogP contribution in [0.15, 0.2) is 36.4 Å². The normalized spacial score (nSPS) is 17.5. The van der Waals surface area contributed by atoms with Crippen LogP contribution in [0.2, 0.25) is 5.02 Å². The molecule has 1 fully saturated rings. The van der Waals surface area contributed by atoms with Crippen molar-refractivity contribution in [3.63, 3.8) is 0 Å². The molecule has 8 heteroatoms. The van der Waals surface area contributed by atoms with Gasteiger partial charge in [0.1, 0.15) is 17.8 Å². The molecule has 2 aromatic rings. The van der Waals surface area contributed by atoms with E-state index in [2.05, 4.69) is 22.3 Å². The summed E-state index contributed by atoms with van der Waals surface area (Å²) in [7, 11) is 0. The zero-order valence-corrected chi connectivity index (χ0v) is 18.7. The van der Waals surface area contributed by atoms with Crippen molar-refractivity contribution in [1.82, 2.24) is 10.2 Å². The zero-order valence-electron chi connectivity index (χ0n) is 17.9. The average molecular weight is 467 g/mol. The lowest BCUT2D eigenvalue weighted by Crippen LogP contribution is -2.31. The zero-order chi connectivity index (χ0) is 22.9. The molecule has 4 nitrogen and oxygen atoms in total. The molecule has 172 valence electrons. The number of hydrogen-bond donors (Lipinski definition) is 1. The summed E-state index contributed by atoms with van der Waals surface area (Å²) in [5.74, 6) is 0.282. The predicted molar refractivity (Wildman–Crippen MR) is 116 cm³/mol. The summed E-state index contributed by atoms with van der Waals surface area (Å²) in [5, 5.41) is 3.22. The van der Waals surface area contributed by atoms with E-state index in [1.165, 1.54) is 12.5 Å². The molecule has 1 saturated carbocycles. The number of hydrogen-bond acceptors (Lipinski definition) is 3. The number of carbonyl (C=O) groups excluding carboxylic acids is 1. The van der Waals surface area contributed by atoms with Crippen LogP contribution in [0.1, 0.15) is 42.0 Å². The van der Waals surface area contributed by atoms with Crippen LogP contribution in [0.5, 0.6) is 5.75 Å². The topological polar surface area (TPSA) is 41.6 Å². The molecule has 1 aliphatic heterocycles. The highest BCUT2D eigenvalue weighted by Gasteiger charge is 2.63. The number of amides is 1. The Morgan fingerprint density at radius 1 is 1.16 bits per heavy atom. The van der Waals surface area contributed by atoms with E-state index in [9.17, 15) is 18.0 Å². The highest BCUT2D eigenvalue weighted by atomic mass is 35.5. The monoisotopic (exact) mass is 466 g/mol. The van der Waals surface area contributed by atoms with Gasteiger partial charge in [-0.05, 0) is 47.6 Å². The van der Waals surface area contributed by atoms with Crippen molar-refractivity contribution in [2.24, 2.45) is 5.41 Å². The molecule has 32 heavy (non-hydrogen) atoms. The minimum Gasteiger partial charge on any atom is -0.491 e. The number of benzene rings is 2. The number of fused-ring (bicyclic) bond motifs is 1. The van der Waals surface area contributed by atoms with Crippen LogP contribution < -0.4 is 10.1 Å². The summed E-state index contributed by atoms with van der Waals surface area (Å²) in [5.41, 5.74) is 2.55. The number of ether oxygens (including phenoxy) is 1. The molecule has 0 aromatic heterocycles. The van der Waals surface area contributed by atoms with E-state index < -0.39 is 11.6 Å². The third kappa shape index (κ3) is 5.04. The highest BCUT2D eigenvalue weighted by Crippen LogP contribution is 2.57. The lowest BCUT2D eigenvalue weighted by atomic mass is 9.98. The molecule has 4 rings (SSSR count). The Kier molecular flexibility index (Phi) is 6.41. The Morgan fingerprint density at radius 3 is 2.47 bits per heavy atom. The Balaban J connectivity index is 1.36. The van der Waals surface area contributed by atoms with Crippen molar-refractivity contribution < 1.29 is 22.7 Å². The fraction of sp³-hybridized carbons (Fsp3) is 0.458. The Morgan fingerprint density at radius 2 is 1.84 bits per heavy atom. The van der Waals surface area contributed by atoms with Crippen molar-refractivity contribution in [3.05, 3.63) is 63.7 Å². The first-order chi connectivity index (χ1) is 15.2. The van der Waals surface area contributed by atoms with Gasteiger partial charge >= 0.3 is 6.18 Å². The van der Waals surface area contributed by atoms with E-state index in [0.29, 0.717) is 17.3 Å². The maximum Gasteiger partial charge on any atom is 0.397 e. The van der Waals surface area contributed by atoms with Crippen LogP contribution in [0.4, 0.5) is 13.2 Å². The van der Waals surface area contributed by atoms with Crippen LogP contribution in [0, 0.1) is 5.41 Å². The summed E-state index contributed by atoms with van der Waals surface area (Å²) in [6.45, 7) is 3.93. The predicted octanol–water partition coefficient (Wildman–Crippen LogP) is 5.26. The summed E-state index contributed by atoms with van der Waals surface area (Å²) in [6.07, 6.45) is -3.29. The molecule has 1 heterocycles. The van der Waals surface area contributed by atoms with Crippen molar-refractivity contribution in [2.45, 2.75) is 52.0 Å². The lowest BCUT2D eigenvalue weighted by molar-refractivity contribution is -0.194. The standard InChI is InChI=1S/C24H26ClF3N2O2/c1-16(31)29-12-17-2-4-18(5-3-17)13-30-11-8-20-19(14-30)6-7-21(22(20)25)32-15-23(9-10-23)24(26,27)28/h2-7H,8-15H2,1H3,(H,29,31). The SMILES string of the molecule is CC(=O)NCc1ccc(CN2CCc3c(ccc(OCC4(C(F)(F)F)CC4)c3Cl)C2)cc1. The Hall–Kier alpha value is -2.25. The molecule has 0 spiro atoms. The third-order valence-electron chi connectivity index (χ3n) is 6.31. The van der Waals surface area contributed by atoms with E-state index in [4.69, 9.17) is 16.3 Å². The largest absolute Gasteiger partial charge is 0.491 e. The molecule has 2 aliphatic rings. The number of alkyl halides is 3. The van der Waals surface area contributed by atoms with Gasteiger partial charge in [0.05, 0.1) is 5.02 Å². The van der Waals surface area contributed by atoms with Crippen LogP contribution in [-0.2, 0) is 30.8 Å². The van der Waals surface area contributed by atoms with Gasteiger partial charge in [0.2, 0.25) is 5.91 Å². The van der Waals surface area contributed by atoms with Gasteiger partial charge < -0.3 is 10.1 Å². The minimum atomic E-state index is -4.24. The molecule has 1 aliphatic carbocycles. The molecule has 0 atom stereocenters. The molecular weight excluding hydrogens is 441 g/mol. The van der Waals surface area contributed by atoms with Gasteiger partial charge in [-0.3, -0.25) is 9.69 Å².